The minimum Gasteiger partial charge on any atom is -0.457 e. The van der Waals surface area contributed by atoms with Crippen molar-refractivity contribution in [1.82, 2.24) is 0 Å². The van der Waals surface area contributed by atoms with Crippen molar-refractivity contribution in [3.8, 4) is 11.5 Å². The van der Waals surface area contributed by atoms with Crippen LogP contribution in [0.4, 0.5) is 20.2 Å². The number of rotatable bonds is 7. The number of hydrogen-bond donors (Lipinski definition) is 1. The highest BCUT2D eigenvalue weighted by Crippen LogP contribution is 2.27. The maximum atomic E-state index is 13.4. The van der Waals surface area contributed by atoms with Gasteiger partial charge in [0, 0.05) is 11.8 Å². The average Bonchev–Trinajstić information content (AvgIpc) is 2.72. The van der Waals surface area contributed by atoms with E-state index in [4.69, 9.17) is 4.74 Å². The van der Waals surface area contributed by atoms with Crippen LogP contribution in [0.2, 0.25) is 0 Å². The molecular weight excluding hydrogens is 426 g/mol. The van der Waals surface area contributed by atoms with Gasteiger partial charge in [0.15, 0.2) is 11.6 Å². The highest BCUT2D eigenvalue weighted by Gasteiger charge is 2.29. The number of carbonyl (C=O) groups excluding carboxylic acids is 1. The normalized spacial score (nSPS) is 12.1. The van der Waals surface area contributed by atoms with E-state index >= 15 is 0 Å². The number of ether oxygens (including phenoxy) is 1. The molecule has 0 aromatic heterocycles. The fraction of sp³-hybridized carbons (Fsp3) is 0.136. The number of hydrogen-bond acceptors (Lipinski definition) is 4. The third kappa shape index (κ3) is 5.58. The summed E-state index contributed by atoms with van der Waals surface area (Å²) in [6.45, 7) is 1.39. The number of benzene rings is 3. The van der Waals surface area contributed by atoms with Crippen LogP contribution in [-0.4, -0.2) is 26.6 Å². The molecule has 1 N–H and O–H groups in total. The lowest BCUT2D eigenvalue weighted by molar-refractivity contribution is -0.116. The van der Waals surface area contributed by atoms with Crippen LogP contribution in [0.3, 0.4) is 0 Å². The average molecular weight is 446 g/mol. The second-order valence-corrected chi connectivity index (χ2v) is 8.62. The monoisotopic (exact) mass is 446 g/mol. The number of para-hydroxylation sites is 1. The van der Waals surface area contributed by atoms with Crippen LogP contribution in [0.15, 0.2) is 72.8 Å². The predicted molar refractivity (Wildman–Crippen MR) is 115 cm³/mol. The summed E-state index contributed by atoms with van der Waals surface area (Å²) in [5.41, 5.74) is 0.256. The van der Waals surface area contributed by atoms with Crippen LogP contribution >= 0.6 is 0 Å². The molecule has 9 heteroatoms. The van der Waals surface area contributed by atoms with E-state index in [-0.39, 0.29) is 11.4 Å². The van der Waals surface area contributed by atoms with Crippen molar-refractivity contribution in [3.05, 3.63) is 84.4 Å². The second kappa shape index (κ2) is 9.13. The largest absolute Gasteiger partial charge is 0.457 e. The van der Waals surface area contributed by atoms with Crippen LogP contribution in [0.5, 0.6) is 11.5 Å². The third-order valence-electron chi connectivity index (χ3n) is 4.35. The topological polar surface area (TPSA) is 75.7 Å². The Balaban J connectivity index is 1.80. The van der Waals surface area contributed by atoms with E-state index in [9.17, 15) is 22.0 Å². The van der Waals surface area contributed by atoms with E-state index in [1.54, 1.807) is 24.3 Å². The Kier molecular flexibility index (Phi) is 6.55. The summed E-state index contributed by atoms with van der Waals surface area (Å²) in [5, 5.41) is 2.40. The molecule has 0 spiro atoms. The summed E-state index contributed by atoms with van der Waals surface area (Å²) in [7, 11) is -3.84. The van der Waals surface area contributed by atoms with Crippen LogP contribution in [-0.2, 0) is 14.8 Å². The van der Waals surface area contributed by atoms with Crippen LogP contribution in [0.25, 0.3) is 0 Å². The lowest BCUT2D eigenvalue weighted by Gasteiger charge is -2.28. The molecule has 0 fully saturated rings. The summed E-state index contributed by atoms with van der Waals surface area (Å²) in [6.07, 6.45) is 0.975. The Morgan fingerprint density at radius 2 is 1.55 bits per heavy atom. The molecule has 0 radical (unpaired) electrons. The molecule has 1 amide bonds. The van der Waals surface area contributed by atoms with Gasteiger partial charge in [0.25, 0.3) is 0 Å². The SMILES string of the molecule is C[C@@H](C(=O)Nc1ccc(F)c(F)c1)N(c1ccc(Oc2ccccc2)cc1)S(C)(=O)=O. The molecule has 0 aliphatic rings. The van der Waals surface area contributed by atoms with Gasteiger partial charge in [-0.2, -0.15) is 0 Å². The smallest absolute Gasteiger partial charge is 0.247 e. The summed E-state index contributed by atoms with van der Waals surface area (Å²) < 4.78 is 57.9. The fourth-order valence-electron chi connectivity index (χ4n) is 2.92. The standard InChI is InChI=1S/C22H20F2N2O4S/c1-15(22(27)25-16-8-13-20(23)21(24)14-16)26(31(2,28)29)17-9-11-19(12-10-17)30-18-6-4-3-5-7-18/h3-15H,1-2H3,(H,25,27)/t15-/m0/s1. The number of halogens is 2. The number of sulfonamides is 1. The second-order valence-electron chi connectivity index (χ2n) is 6.76. The molecule has 6 nitrogen and oxygen atoms in total. The number of carbonyl (C=O) groups is 1. The van der Waals surface area contributed by atoms with Gasteiger partial charge in [0.1, 0.15) is 17.5 Å². The lowest BCUT2D eigenvalue weighted by atomic mass is 10.2. The van der Waals surface area contributed by atoms with Crippen molar-refractivity contribution < 1.29 is 26.7 Å². The van der Waals surface area contributed by atoms with Gasteiger partial charge >= 0.3 is 0 Å². The van der Waals surface area contributed by atoms with Gasteiger partial charge in [0.05, 0.1) is 11.9 Å². The highest BCUT2D eigenvalue weighted by atomic mass is 32.2. The van der Waals surface area contributed by atoms with Crippen molar-refractivity contribution in [3.63, 3.8) is 0 Å². The molecule has 0 heterocycles. The number of nitrogens with one attached hydrogen (secondary N) is 1. The molecule has 3 rings (SSSR count). The minimum atomic E-state index is -3.84. The van der Waals surface area contributed by atoms with Crippen molar-refractivity contribution in [2.24, 2.45) is 0 Å². The fourth-order valence-corrected chi connectivity index (χ4v) is 4.09. The van der Waals surface area contributed by atoms with Gasteiger partial charge in [-0.25, -0.2) is 17.2 Å². The molecule has 1 atom stereocenters. The maximum Gasteiger partial charge on any atom is 0.247 e. The summed E-state index contributed by atoms with van der Waals surface area (Å²) >= 11 is 0. The molecule has 31 heavy (non-hydrogen) atoms. The maximum absolute atomic E-state index is 13.4. The van der Waals surface area contributed by atoms with Crippen molar-refractivity contribution in [1.29, 1.82) is 0 Å². The molecule has 3 aromatic carbocycles. The minimum absolute atomic E-state index is 0.0100. The van der Waals surface area contributed by atoms with Crippen molar-refractivity contribution >= 4 is 27.3 Å². The van der Waals surface area contributed by atoms with E-state index in [1.807, 2.05) is 18.2 Å². The zero-order chi connectivity index (χ0) is 22.6. The first kappa shape index (κ1) is 22.2. The molecule has 0 unspecified atom stereocenters. The van der Waals surface area contributed by atoms with E-state index in [0.717, 1.165) is 22.7 Å². The van der Waals surface area contributed by atoms with Crippen LogP contribution < -0.4 is 14.4 Å². The quantitative estimate of drug-likeness (QED) is 0.578. The lowest BCUT2D eigenvalue weighted by Crippen LogP contribution is -2.45. The summed E-state index contributed by atoms with van der Waals surface area (Å²) in [5.74, 6) is -1.78. The van der Waals surface area contributed by atoms with E-state index in [2.05, 4.69) is 5.32 Å². The van der Waals surface area contributed by atoms with E-state index < -0.39 is 33.6 Å². The highest BCUT2D eigenvalue weighted by molar-refractivity contribution is 7.92. The van der Waals surface area contributed by atoms with Gasteiger partial charge in [-0.15, -0.1) is 0 Å². The summed E-state index contributed by atoms with van der Waals surface area (Å²) in [6, 6.07) is 17.0. The Bertz CT molecular complexity index is 1170. The van der Waals surface area contributed by atoms with Crippen molar-refractivity contribution in [2.75, 3.05) is 15.9 Å². The number of amides is 1. The first-order valence-corrected chi connectivity index (χ1v) is 11.1. The predicted octanol–water partition coefficient (Wildman–Crippen LogP) is 4.55. The number of nitrogens with zero attached hydrogens (tertiary/aromatic N) is 1. The Morgan fingerprint density at radius 3 is 2.13 bits per heavy atom. The molecule has 3 aromatic rings. The number of anilines is 2. The van der Waals surface area contributed by atoms with E-state index in [1.165, 1.54) is 25.1 Å². The van der Waals surface area contributed by atoms with Crippen LogP contribution in [0.1, 0.15) is 6.92 Å². The first-order valence-electron chi connectivity index (χ1n) is 9.23. The van der Waals surface area contributed by atoms with Gasteiger partial charge in [-0.05, 0) is 55.5 Å². The molecular formula is C22H20F2N2O4S. The van der Waals surface area contributed by atoms with Gasteiger partial charge in [-0.1, -0.05) is 18.2 Å². The van der Waals surface area contributed by atoms with E-state index in [0.29, 0.717) is 11.5 Å². The molecule has 0 bridgehead atoms. The third-order valence-corrected chi connectivity index (χ3v) is 5.59. The Morgan fingerprint density at radius 1 is 0.935 bits per heavy atom. The zero-order valence-electron chi connectivity index (χ0n) is 16.7. The van der Waals surface area contributed by atoms with Gasteiger partial charge in [-0.3, -0.25) is 9.10 Å². The Labute approximate surface area is 179 Å². The van der Waals surface area contributed by atoms with Crippen molar-refractivity contribution in [2.45, 2.75) is 13.0 Å². The van der Waals surface area contributed by atoms with Crippen LogP contribution in [0, 0.1) is 11.6 Å². The molecule has 0 saturated heterocycles. The van der Waals surface area contributed by atoms with Gasteiger partial charge < -0.3 is 10.1 Å². The molecule has 162 valence electrons. The first-order chi connectivity index (χ1) is 14.6. The molecule has 0 aliphatic carbocycles. The Hall–Kier alpha value is -3.46. The zero-order valence-corrected chi connectivity index (χ0v) is 17.6. The molecule has 0 saturated carbocycles. The summed E-state index contributed by atoms with van der Waals surface area (Å²) in [4.78, 5) is 12.6. The molecule has 0 aliphatic heterocycles. The van der Waals surface area contributed by atoms with Gasteiger partial charge in [0.2, 0.25) is 15.9 Å².